The van der Waals surface area contributed by atoms with Crippen molar-refractivity contribution < 1.29 is 14.7 Å². The van der Waals surface area contributed by atoms with E-state index in [-0.39, 0.29) is 30.2 Å². The van der Waals surface area contributed by atoms with Crippen LogP contribution in [0.5, 0.6) is 0 Å². The van der Waals surface area contributed by atoms with Crippen LogP contribution in [-0.2, 0) is 22.1 Å². The van der Waals surface area contributed by atoms with Gasteiger partial charge in [-0.1, -0.05) is 38.1 Å². The summed E-state index contributed by atoms with van der Waals surface area (Å²) in [6.45, 7) is 8.18. The Morgan fingerprint density at radius 2 is 1.97 bits per heavy atom. The number of thiazole rings is 1. The minimum atomic E-state index is -0.806. The summed E-state index contributed by atoms with van der Waals surface area (Å²) in [5.41, 5.74) is 5.52. The predicted molar refractivity (Wildman–Crippen MR) is 144 cm³/mol. The molecule has 9 heteroatoms. The first-order valence-electron chi connectivity index (χ1n) is 12.7. The lowest BCUT2D eigenvalue weighted by Gasteiger charge is -2.31. The Morgan fingerprint density at radius 3 is 2.57 bits per heavy atom. The number of rotatable bonds is 6. The van der Waals surface area contributed by atoms with Gasteiger partial charge in [-0.25, -0.2) is 9.98 Å². The molecule has 1 fully saturated rings. The number of β-amino-alcohol motifs (C(OH)–C–C–N with tert-alkyl or cyclic N) is 1. The van der Waals surface area contributed by atoms with Crippen LogP contribution in [0.4, 0.5) is 0 Å². The Bertz CT molecular complexity index is 1360. The fourth-order valence-corrected chi connectivity index (χ4v) is 6.49. The van der Waals surface area contributed by atoms with Gasteiger partial charge in [0.05, 0.1) is 45.8 Å². The monoisotopic (exact) mass is 519 g/mol. The van der Waals surface area contributed by atoms with Gasteiger partial charge in [-0.05, 0) is 30.9 Å². The molecule has 1 saturated heterocycles. The van der Waals surface area contributed by atoms with Crippen molar-refractivity contribution in [2.75, 3.05) is 6.54 Å². The second kappa shape index (κ2) is 9.61. The van der Waals surface area contributed by atoms with E-state index in [1.54, 1.807) is 27.1 Å². The summed E-state index contributed by atoms with van der Waals surface area (Å²) in [5, 5.41) is 14.8. The van der Waals surface area contributed by atoms with Crippen LogP contribution in [-0.4, -0.2) is 61.0 Å². The third kappa shape index (κ3) is 4.55. The van der Waals surface area contributed by atoms with Gasteiger partial charge < -0.3 is 10.0 Å². The summed E-state index contributed by atoms with van der Waals surface area (Å²) < 4.78 is 1.70. The van der Waals surface area contributed by atoms with Crippen molar-refractivity contribution in [1.29, 1.82) is 0 Å². The number of benzene rings is 1. The van der Waals surface area contributed by atoms with Crippen molar-refractivity contribution in [1.82, 2.24) is 19.7 Å². The van der Waals surface area contributed by atoms with Crippen LogP contribution in [0.3, 0.4) is 0 Å². The normalized spacial score (nSPS) is 24.7. The number of amides is 2. The number of hydrogen-bond donors (Lipinski definition) is 1. The molecule has 0 radical (unpaired) electrons. The van der Waals surface area contributed by atoms with Crippen LogP contribution in [0, 0.1) is 12.8 Å². The molecule has 0 unspecified atom stereocenters. The van der Waals surface area contributed by atoms with E-state index < -0.39 is 17.6 Å². The van der Waals surface area contributed by atoms with Crippen molar-refractivity contribution in [2.45, 2.75) is 64.0 Å². The van der Waals surface area contributed by atoms with Gasteiger partial charge in [0.1, 0.15) is 0 Å². The minimum Gasteiger partial charge on any atom is -0.391 e. The number of aliphatic hydroxyl groups excluding tert-OH is 1. The summed E-state index contributed by atoms with van der Waals surface area (Å²) in [5.74, 6) is -0.593. The van der Waals surface area contributed by atoms with E-state index in [0.29, 0.717) is 18.6 Å². The molecule has 5 rings (SSSR count). The summed E-state index contributed by atoms with van der Waals surface area (Å²) in [4.78, 5) is 38.8. The van der Waals surface area contributed by atoms with Gasteiger partial charge in [-0.2, -0.15) is 5.10 Å². The largest absolute Gasteiger partial charge is 0.391 e. The molecule has 37 heavy (non-hydrogen) atoms. The number of aliphatic hydroxyl groups is 1. The molecule has 2 aliphatic heterocycles. The molecule has 1 N–H and O–H groups in total. The Labute approximate surface area is 221 Å². The van der Waals surface area contributed by atoms with E-state index >= 15 is 0 Å². The second-order valence-corrected chi connectivity index (χ2v) is 11.7. The van der Waals surface area contributed by atoms with Gasteiger partial charge in [-0.15, -0.1) is 11.3 Å². The van der Waals surface area contributed by atoms with E-state index in [1.165, 1.54) is 0 Å². The predicted octanol–water partition coefficient (Wildman–Crippen LogP) is 3.88. The average Bonchev–Trinajstić information content (AvgIpc) is 3.62. The topological polar surface area (TPSA) is 101 Å². The van der Waals surface area contributed by atoms with Crippen LogP contribution in [0.15, 0.2) is 47.2 Å². The quantitative estimate of drug-likeness (QED) is 0.533. The molecule has 0 saturated carbocycles. The smallest absolute Gasteiger partial charge is 0.256 e. The van der Waals surface area contributed by atoms with Gasteiger partial charge in [0, 0.05) is 43.9 Å². The third-order valence-electron chi connectivity index (χ3n) is 7.75. The molecule has 8 nitrogen and oxygen atoms in total. The highest BCUT2D eigenvalue weighted by Crippen LogP contribution is 2.39. The van der Waals surface area contributed by atoms with E-state index in [0.717, 1.165) is 27.3 Å². The summed E-state index contributed by atoms with van der Waals surface area (Å²) in [6, 6.07) is 7.65. The average molecular weight is 520 g/mol. The molecular weight excluding hydrogens is 486 g/mol. The Morgan fingerprint density at radius 1 is 1.24 bits per heavy atom. The lowest BCUT2D eigenvalue weighted by atomic mass is 9.78. The van der Waals surface area contributed by atoms with Gasteiger partial charge in [0.2, 0.25) is 5.91 Å². The van der Waals surface area contributed by atoms with Gasteiger partial charge >= 0.3 is 0 Å². The maximum absolute atomic E-state index is 13.8. The highest BCUT2D eigenvalue weighted by Gasteiger charge is 2.48. The van der Waals surface area contributed by atoms with Crippen LogP contribution in [0.25, 0.3) is 10.4 Å². The van der Waals surface area contributed by atoms with Gasteiger partial charge in [0.25, 0.3) is 5.91 Å². The van der Waals surface area contributed by atoms with Gasteiger partial charge in [-0.3, -0.25) is 14.3 Å². The molecule has 0 spiro atoms. The zero-order valence-corrected chi connectivity index (χ0v) is 22.7. The zero-order valence-electron chi connectivity index (χ0n) is 21.9. The highest BCUT2D eigenvalue weighted by atomic mass is 32.1. The van der Waals surface area contributed by atoms with Gasteiger partial charge in [0.15, 0.2) is 0 Å². The maximum Gasteiger partial charge on any atom is 0.256 e. The fourth-order valence-electron chi connectivity index (χ4n) is 5.68. The molecule has 0 aliphatic carbocycles. The van der Waals surface area contributed by atoms with Crippen molar-refractivity contribution in [3.63, 3.8) is 0 Å². The second-order valence-electron chi connectivity index (χ2n) is 10.8. The maximum atomic E-state index is 13.8. The lowest BCUT2D eigenvalue weighted by molar-refractivity contribution is -0.134. The number of carbonyl (C=O) groups excluding carboxylic acids is 2. The summed E-state index contributed by atoms with van der Waals surface area (Å²) in [6.07, 6.45) is 3.76. The molecule has 194 valence electrons. The zero-order chi connectivity index (χ0) is 26.5. The summed E-state index contributed by atoms with van der Waals surface area (Å²) >= 11 is 1.60. The number of carbonyl (C=O) groups is 2. The SMILES string of the molecule is Cc1ncsc1-c1ccc([C@]2(C)CC([C@H]3C[C@@H](O)CN3C(=O)[C@@H](c3cnn(C)c3)C(C)C)=NC2=O)cc1. The first-order chi connectivity index (χ1) is 17.6. The minimum absolute atomic E-state index is 0.0493. The van der Waals surface area contributed by atoms with Crippen molar-refractivity contribution >= 4 is 28.9 Å². The molecule has 3 aromatic rings. The van der Waals surface area contributed by atoms with E-state index in [1.807, 2.05) is 70.7 Å². The van der Waals surface area contributed by atoms with Crippen molar-refractivity contribution in [3.8, 4) is 10.4 Å². The van der Waals surface area contributed by atoms with Crippen LogP contribution in [0.1, 0.15) is 56.4 Å². The molecule has 2 aliphatic rings. The highest BCUT2D eigenvalue weighted by molar-refractivity contribution is 7.13. The molecule has 4 heterocycles. The Hall–Kier alpha value is -3.17. The Balaban J connectivity index is 1.39. The van der Waals surface area contributed by atoms with Crippen molar-refractivity contribution in [2.24, 2.45) is 18.0 Å². The van der Waals surface area contributed by atoms with E-state index in [2.05, 4.69) is 15.1 Å². The summed E-state index contributed by atoms with van der Waals surface area (Å²) in [7, 11) is 1.83. The number of aromatic nitrogens is 3. The molecular formula is C28H33N5O3S. The lowest BCUT2D eigenvalue weighted by Crippen LogP contribution is -2.44. The molecule has 2 aromatic heterocycles. The molecule has 1 aromatic carbocycles. The first-order valence-corrected chi connectivity index (χ1v) is 13.6. The molecule has 2 amide bonds. The van der Waals surface area contributed by atoms with Crippen LogP contribution in [0.2, 0.25) is 0 Å². The molecule has 4 atom stereocenters. The number of aliphatic imine (C=N–C) groups is 1. The number of likely N-dealkylation sites (tertiary alicyclic amines) is 1. The fraction of sp³-hybridized carbons (Fsp3) is 0.464. The van der Waals surface area contributed by atoms with E-state index in [4.69, 9.17) is 0 Å². The first kappa shape index (κ1) is 25.5. The van der Waals surface area contributed by atoms with Crippen LogP contribution < -0.4 is 0 Å². The number of hydrogen-bond acceptors (Lipinski definition) is 6. The number of nitrogens with zero attached hydrogens (tertiary/aromatic N) is 5. The number of aryl methyl sites for hydroxylation is 2. The van der Waals surface area contributed by atoms with E-state index in [9.17, 15) is 14.7 Å². The Kier molecular flexibility index (Phi) is 6.62. The van der Waals surface area contributed by atoms with Crippen molar-refractivity contribution in [3.05, 3.63) is 59.0 Å². The molecule has 0 bridgehead atoms. The van der Waals surface area contributed by atoms with Crippen LogP contribution >= 0.6 is 11.3 Å². The third-order valence-corrected chi connectivity index (χ3v) is 8.72. The standard InChI is InChI=1S/C28H33N5O3S/c1-16(2)24(19-12-30-32(5)13-19)26(35)33-14-21(34)10-23(33)22-11-28(4,27(36)31-22)20-8-6-18(7-9-20)25-17(3)29-15-37-25/h6-9,12-13,15-16,21,23-24,34H,10-11,14H2,1-5H3/t21-,23-,24-,28+/m1/s1.